The van der Waals surface area contributed by atoms with Gasteiger partial charge in [-0.2, -0.15) is 0 Å². The van der Waals surface area contributed by atoms with E-state index in [0.29, 0.717) is 30.4 Å². The summed E-state index contributed by atoms with van der Waals surface area (Å²) in [5, 5.41) is 0. The average Bonchev–Trinajstić information content (AvgIpc) is 2.54. The first-order chi connectivity index (χ1) is 13.4. The number of rotatable bonds is 10. The van der Waals surface area contributed by atoms with E-state index in [1.807, 2.05) is 6.08 Å². The first-order valence-corrected chi connectivity index (χ1v) is 10.2. The molecule has 0 aromatic heterocycles. The van der Waals surface area contributed by atoms with Gasteiger partial charge in [0.2, 0.25) is 0 Å². The standard InChI is InChI=1S/C22H29F3O3/c1-16-19(26-14-4-10-17-6-2-7-17)12-13-20(21(16)28-22(23,24)25)27-15-5-11-18-8-3-9-18/h4,10,12-13,17-18H,2-3,5-9,11,14-15H2,1H3/b10-4+. The average molecular weight is 398 g/mol. The summed E-state index contributed by atoms with van der Waals surface area (Å²) in [6.07, 6.45) is 8.61. The van der Waals surface area contributed by atoms with Gasteiger partial charge in [-0.15, -0.1) is 13.2 Å². The molecule has 2 saturated carbocycles. The normalized spacial score (nSPS) is 18.0. The monoisotopic (exact) mass is 398 g/mol. The van der Waals surface area contributed by atoms with Crippen molar-refractivity contribution in [2.24, 2.45) is 11.8 Å². The maximum absolute atomic E-state index is 12.9. The predicted molar refractivity (Wildman–Crippen MR) is 102 cm³/mol. The highest BCUT2D eigenvalue weighted by atomic mass is 19.4. The van der Waals surface area contributed by atoms with Gasteiger partial charge in [0.1, 0.15) is 12.4 Å². The van der Waals surface area contributed by atoms with Crippen molar-refractivity contribution in [3.05, 3.63) is 29.8 Å². The van der Waals surface area contributed by atoms with E-state index in [1.54, 1.807) is 13.0 Å². The molecule has 3 nitrogen and oxygen atoms in total. The van der Waals surface area contributed by atoms with Gasteiger partial charge >= 0.3 is 6.36 Å². The largest absolute Gasteiger partial charge is 0.573 e. The van der Waals surface area contributed by atoms with Gasteiger partial charge in [0.15, 0.2) is 11.5 Å². The van der Waals surface area contributed by atoms with E-state index in [4.69, 9.17) is 9.47 Å². The van der Waals surface area contributed by atoms with Crippen LogP contribution in [0.5, 0.6) is 17.2 Å². The van der Waals surface area contributed by atoms with Crippen LogP contribution < -0.4 is 14.2 Å². The smallest absolute Gasteiger partial charge is 0.490 e. The van der Waals surface area contributed by atoms with Crippen LogP contribution in [0.25, 0.3) is 0 Å². The van der Waals surface area contributed by atoms with Gasteiger partial charge in [0.25, 0.3) is 0 Å². The van der Waals surface area contributed by atoms with Crippen LogP contribution in [-0.2, 0) is 0 Å². The van der Waals surface area contributed by atoms with E-state index < -0.39 is 6.36 Å². The predicted octanol–water partition coefficient (Wildman–Crippen LogP) is 6.59. The summed E-state index contributed by atoms with van der Waals surface area (Å²) in [5.41, 5.74) is 0.297. The summed E-state index contributed by atoms with van der Waals surface area (Å²) < 4.78 is 54.2. The number of hydrogen-bond donors (Lipinski definition) is 0. The fourth-order valence-electron chi connectivity index (χ4n) is 3.52. The molecule has 6 heteroatoms. The van der Waals surface area contributed by atoms with Gasteiger partial charge in [0, 0.05) is 5.56 Å². The maximum Gasteiger partial charge on any atom is 0.573 e. The van der Waals surface area contributed by atoms with Crippen molar-refractivity contribution in [1.29, 1.82) is 0 Å². The maximum atomic E-state index is 12.9. The Kier molecular flexibility index (Phi) is 7.13. The molecule has 0 radical (unpaired) electrons. The lowest BCUT2D eigenvalue weighted by Gasteiger charge is -2.25. The Balaban J connectivity index is 1.60. The molecule has 0 amide bonds. The fourth-order valence-corrected chi connectivity index (χ4v) is 3.52. The molecule has 0 spiro atoms. The minimum atomic E-state index is -4.78. The highest BCUT2D eigenvalue weighted by molar-refractivity contribution is 5.53. The summed E-state index contributed by atoms with van der Waals surface area (Å²) in [6.45, 7) is 2.27. The zero-order valence-electron chi connectivity index (χ0n) is 16.4. The zero-order valence-corrected chi connectivity index (χ0v) is 16.4. The molecule has 2 fully saturated rings. The molecular weight excluding hydrogens is 369 g/mol. The van der Waals surface area contributed by atoms with Crippen LogP contribution in [0, 0.1) is 18.8 Å². The van der Waals surface area contributed by atoms with E-state index >= 15 is 0 Å². The molecule has 3 rings (SSSR count). The summed E-state index contributed by atoms with van der Waals surface area (Å²) in [6, 6.07) is 3.15. The Bertz CT molecular complexity index is 662. The van der Waals surface area contributed by atoms with Gasteiger partial charge < -0.3 is 14.2 Å². The van der Waals surface area contributed by atoms with Crippen molar-refractivity contribution < 1.29 is 27.4 Å². The van der Waals surface area contributed by atoms with Gasteiger partial charge in [-0.1, -0.05) is 37.8 Å². The first-order valence-electron chi connectivity index (χ1n) is 10.2. The second kappa shape index (κ2) is 9.57. The van der Waals surface area contributed by atoms with E-state index in [1.165, 1.54) is 44.6 Å². The van der Waals surface area contributed by atoms with Crippen LogP contribution in [0.3, 0.4) is 0 Å². The minimum absolute atomic E-state index is 0.112. The van der Waals surface area contributed by atoms with Gasteiger partial charge in [-0.25, -0.2) is 0 Å². The second-order valence-electron chi connectivity index (χ2n) is 7.78. The Labute approximate surface area is 164 Å². The van der Waals surface area contributed by atoms with Crippen LogP contribution in [0.15, 0.2) is 24.3 Å². The zero-order chi connectivity index (χ0) is 20.0. The highest BCUT2D eigenvalue weighted by Gasteiger charge is 2.34. The lowest BCUT2D eigenvalue weighted by molar-refractivity contribution is -0.275. The number of benzene rings is 1. The van der Waals surface area contributed by atoms with E-state index in [2.05, 4.69) is 10.8 Å². The van der Waals surface area contributed by atoms with Crippen molar-refractivity contribution in [2.45, 2.75) is 64.7 Å². The second-order valence-corrected chi connectivity index (χ2v) is 7.78. The summed E-state index contributed by atoms with van der Waals surface area (Å²) in [4.78, 5) is 0. The third kappa shape index (κ3) is 6.08. The van der Waals surface area contributed by atoms with Crippen LogP contribution in [0.2, 0.25) is 0 Å². The van der Waals surface area contributed by atoms with Crippen LogP contribution in [-0.4, -0.2) is 19.6 Å². The lowest BCUT2D eigenvalue weighted by atomic mass is 9.82. The summed E-state index contributed by atoms with van der Waals surface area (Å²) >= 11 is 0. The Morgan fingerprint density at radius 3 is 2.36 bits per heavy atom. The van der Waals surface area contributed by atoms with Crippen LogP contribution in [0.1, 0.15) is 56.9 Å². The van der Waals surface area contributed by atoms with E-state index in [-0.39, 0.29) is 11.5 Å². The van der Waals surface area contributed by atoms with E-state index in [9.17, 15) is 13.2 Å². The summed E-state index contributed by atoms with van der Waals surface area (Å²) in [7, 11) is 0. The third-order valence-corrected chi connectivity index (χ3v) is 5.67. The van der Waals surface area contributed by atoms with Gasteiger partial charge in [0.05, 0.1) is 6.61 Å². The Morgan fingerprint density at radius 1 is 1.04 bits per heavy atom. The molecule has 0 bridgehead atoms. The molecule has 28 heavy (non-hydrogen) atoms. The molecule has 156 valence electrons. The molecule has 2 aliphatic rings. The molecular formula is C22H29F3O3. The molecule has 0 aliphatic heterocycles. The molecule has 0 heterocycles. The SMILES string of the molecule is Cc1c(OC/C=C/C2CCC2)ccc(OCCCC2CCC2)c1OC(F)(F)F. The van der Waals surface area contributed by atoms with Crippen molar-refractivity contribution in [1.82, 2.24) is 0 Å². The number of allylic oxidation sites excluding steroid dienone is 1. The molecule has 0 atom stereocenters. The quantitative estimate of drug-likeness (QED) is 0.329. The van der Waals surface area contributed by atoms with Crippen molar-refractivity contribution >= 4 is 0 Å². The molecule has 1 aromatic carbocycles. The van der Waals surface area contributed by atoms with Gasteiger partial charge in [-0.3, -0.25) is 0 Å². The van der Waals surface area contributed by atoms with Crippen molar-refractivity contribution in [3.63, 3.8) is 0 Å². The number of alkyl halides is 3. The van der Waals surface area contributed by atoms with Gasteiger partial charge in [-0.05, 0) is 56.6 Å². The highest BCUT2D eigenvalue weighted by Crippen LogP contribution is 2.40. The number of ether oxygens (including phenoxy) is 3. The molecule has 1 aromatic rings. The number of hydrogen-bond acceptors (Lipinski definition) is 3. The topological polar surface area (TPSA) is 27.7 Å². The fraction of sp³-hybridized carbons (Fsp3) is 0.636. The Morgan fingerprint density at radius 2 is 1.75 bits per heavy atom. The minimum Gasteiger partial charge on any atom is -0.490 e. The number of halogens is 3. The van der Waals surface area contributed by atoms with Crippen LogP contribution in [0.4, 0.5) is 13.2 Å². The molecule has 2 aliphatic carbocycles. The summed E-state index contributed by atoms with van der Waals surface area (Å²) in [5.74, 6) is 1.54. The van der Waals surface area contributed by atoms with Crippen molar-refractivity contribution in [3.8, 4) is 17.2 Å². The van der Waals surface area contributed by atoms with Crippen molar-refractivity contribution in [2.75, 3.05) is 13.2 Å². The van der Waals surface area contributed by atoms with Crippen LogP contribution >= 0.6 is 0 Å². The third-order valence-electron chi connectivity index (χ3n) is 5.67. The molecule has 0 saturated heterocycles. The first kappa shape index (κ1) is 20.9. The lowest BCUT2D eigenvalue weighted by Crippen LogP contribution is -2.19. The Hall–Kier alpha value is -1.85. The molecule has 0 N–H and O–H groups in total. The van der Waals surface area contributed by atoms with E-state index in [0.717, 1.165) is 18.8 Å². The molecule has 0 unspecified atom stereocenters.